The van der Waals surface area contributed by atoms with E-state index in [1.165, 1.54) is 20.4 Å². The highest BCUT2D eigenvalue weighted by atomic mass is 32.2. The fraction of sp³-hybridized carbons (Fsp3) is 0.394. The molecular weight excluding hydrogens is 655 g/mol. The molecule has 15 heteroatoms. The number of nitrogens with zero attached hydrogens (tertiary/aromatic N) is 2. The maximum absolute atomic E-state index is 12.8. The number of carbonyl (C=O) groups excluding carboxylic acids is 2. The number of ketones is 1. The van der Waals surface area contributed by atoms with Crippen LogP contribution >= 0.6 is 0 Å². The second kappa shape index (κ2) is 14.2. The minimum Gasteiger partial charge on any atom is -0.496 e. The van der Waals surface area contributed by atoms with Gasteiger partial charge in [-0.25, -0.2) is 8.42 Å². The molecule has 2 heterocycles. The van der Waals surface area contributed by atoms with E-state index in [4.69, 9.17) is 18.5 Å². The van der Waals surface area contributed by atoms with Gasteiger partial charge in [0.1, 0.15) is 17.1 Å². The van der Waals surface area contributed by atoms with E-state index in [0.29, 0.717) is 40.8 Å². The maximum Gasteiger partial charge on any atom is 0.416 e. The van der Waals surface area contributed by atoms with Crippen LogP contribution < -0.4 is 14.8 Å². The third-order valence-electron chi connectivity index (χ3n) is 8.32. The number of sulfone groups is 1. The van der Waals surface area contributed by atoms with Crippen molar-refractivity contribution >= 4 is 27.4 Å². The molecule has 1 aliphatic carbocycles. The van der Waals surface area contributed by atoms with E-state index in [0.717, 1.165) is 43.7 Å². The second-order valence-electron chi connectivity index (χ2n) is 11.5. The van der Waals surface area contributed by atoms with Crippen molar-refractivity contribution in [3.05, 3.63) is 82.4 Å². The predicted molar refractivity (Wildman–Crippen MR) is 168 cm³/mol. The first-order valence-corrected chi connectivity index (χ1v) is 16.9. The van der Waals surface area contributed by atoms with Gasteiger partial charge in [0.25, 0.3) is 5.91 Å². The van der Waals surface area contributed by atoms with Crippen molar-refractivity contribution in [2.75, 3.05) is 25.8 Å². The fourth-order valence-electron chi connectivity index (χ4n) is 4.88. The molecule has 0 radical (unpaired) electrons. The van der Waals surface area contributed by atoms with E-state index < -0.39 is 32.3 Å². The summed E-state index contributed by atoms with van der Waals surface area (Å²) in [7, 11) is -1.03. The quantitative estimate of drug-likeness (QED) is 0.160. The first-order valence-electron chi connectivity index (χ1n) is 15.0. The standard InChI is InChI=1S/C18H24N2O4.C15H12F3NO4S/c1-6-18(3,7-2)14-11-15(24-20-14)19-17(21)16-12(22-4)9-8-10-13(16)23-5;1-24(21,22)12-6-9(15(16,17)18)4-5-10(12)13(20)11-7-19-23-14(11)8-2-3-8/h8-11H,6-7H2,1-5H3,(H,19,21);4-8H,2-3H2,1H3. The Kier molecular flexibility index (Phi) is 10.7. The molecule has 5 rings (SSSR count). The van der Waals surface area contributed by atoms with E-state index in [9.17, 15) is 31.2 Å². The molecule has 1 aliphatic rings. The molecule has 1 N–H and O–H groups in total. The van der Waals surface area contributed by atoms with Gasteiger partial charge in [0, 0.05) is 29.2 Å². The number of aromatic nitrogens is 2. The highest BCUT2D eigenvalue weighted by Crippen LogP contribution is 2.42. The van der Waals surface area contributed by atoms with Crippen molar-refractivity contribution < 1.29 is 49.7 Å². The minimum absolute atomic E-state index is 0.0441. The topological polar surface area (TPSA) is 151 Å². The normalized spacial score (nSPS) is 13.4. The molecule has 1 saturated carbocycles. The molecule has 4 aromatic rings. The average molecular weight is 692 g/mol. The van der Waals surface area contributed by atoms with Crippen LogP contribution in [0.25, 0.3) is 0 Å². The van der Waals surface area contributed by atoms with Crippen LogP contribution in [-0.2, 0) is 21.4 Å². The molecule has 1 fully saturated rings. The zero-order valence-electron chi connectivity index (χ0n) is 27.2. The number of hydrogen-bond acceptors (Lipinski definition) is 10. The van der Waals surface area contributed by atoms with Crippen molar-refractivity contribution in [3.8, 4) is 11.5 Å². The molecule has 48 heavy (non-hydrogen) atoms. The van der Waals surface area contributed by atoms with E-state index >= 15 is 0 Å². The molecule has 1 amide bonds. The van der Waals surface area contributed by atoms with Gasteiger partial charge < -0.3 is 18.5 Å². The largest absolute Gasteiger partial charge is 0.496 e. The molecule has 2 aromatic carbocycles. The lowest BCUT2D eigenvalue weighted by Crippen LogP contribution is -2.19. The van der Waals surface area contributed by atoms with Gasteiger partial charge in [-0.2, -0.15) is 13.2 Å². The van der Waals surface area contributed by atoms with Gasteiger partial charge in [-0.3, -0.25) is 14.9 Å². The van der Waals surface area contributed by atoms with Crippen LogP contribution in [0, 0.1) is 0 Å². The van der Waals surface area contributed by atoms with Crippen LogP contribution in [0.5, 0.6) is 11.5 Å². The van der Waals surface area contributed by atoms with Gasteiger partial charge in [-0.15, -0.1) is 0 Å². The van der Waals surface area contributed by atoms with Gasteiger partial charge in [0.2, 0.25) is 5.88 Å². The van der Waals surface area contributed by atoms with Crippen molar-refractivity contribution in [1.82, 2.24) is 10.3 Å². The summed E-state index contributed by atoms with van der Waals surface area (Å²) in [6.45, 7) is 6.34. The number of nitrogens with one attached hydrogen (secondary N) is 1. The van der Waals surface area contributed by atoms with Crippen LogP contribution in [0.2, 0.25) is 0 Å². The Hall–Kier alpha value is -4.66. The number of rotatable bonds is 11. The van der Waals surface area contributed by atoms with Crippen LogP contribution in [0.15, 0.2) is 62.6 Å². The number of hydrogen-bond donors (Lipinski definition) is 1. The number of ether oxygens (including phenoxy) is 2. The molecule has 0 aliphatic heterocycles. The smallest absolute Gasteiger partial charge is 0.416 e. The maximum atomic E-state index is 12.8. The van der Waals surface area contributed by atoms with Gasteiger partial charge in [0.15, 0.2) is 21.4 Å². The molecule has 0 spiro atoms. The molecule has 0 saturated heterocycles. The van der Waals surface area contributed by atoms with Gasteiger partial charge in [0.05, 0.1) is 42.1 Å². The number of carbonyl (C=O) groups is 2. The van der Waals surface area contributed by atoms with E-state index in [-0.39, 0.29) is 28.4 Å². The second-order valence-corrected chi connectivity index (χ2v) is 13.5. The number of anilines is 1. The highest BCUT2D eigenvalue weighted by Gasteiger charge is 2.36. The number of alkyl halides is 3. The summed E-state index contributed by atoms with van der Waals surface area (Å²) in [6.07, 6.45) is 0.724. The molecule has 0 atom stereocenters. The molecule has 258 valence electrons. The third kappa shape index (κ3) is 7.89. The zero-order valence-corrected chi connectivity index (χ0v) is 28.0. The van der Waals surface area contributed by atoms with Crippen molar-refractivity contribution in [3.63, 3.8) is 0 Å². The lowest BCUT2D eigenvalue weighted by Gasteiger charge is -2.22. The number of amides is 1. The van der Waals surface area contributed by atoms with Gasteiger partial charge in [-0.05, 0) is 56.0 Å². The van der Waals surface area contributed by atoms with E-state index in [1.807, 2.05) is 0 Å². The Balaban J connectivity index is 0.000000217. The number of halogens is 3. The molecule has 0 unspecified atom stereocenters. The summed E-state index contributed by atoms with van der Waals surface area (Å²) in [4.78, 5) is 24.6. The van der Waals surface area contributed by atoms with Crippen LogP contribution in [-0.4, -0.2) is 50.9 Å². The zero-order chi connectivity index (χ0) is 35.4. The Labute approximate surface area is 275 Å². The summed E-state index contributed by atoms with van der Waals surface area (Å²) in [6, 6.07) is 8.98. The van der Waals surface area contributed by atoms with Crippen molar-refractivity contribution in [2.45, 2.75) is 68.9 Å². The molecule has 2 aromatic heterocycles. The van der Waals surface area contributed by atoms with E-state index in [2.05, 4.69) is 36.4 Å². The van der Waals surface area contributed by atoms with Crippen molar-refractivity contribution in [1.29, 1.82) is 0 Å². The average Bonchev–Trinajstić information content (AvgIpc) is 3.58. The summed E-state index contributed by atoms with van der Waals surface area (Å²) in [5.74, 6) is 0.462. The fourth-order valence-corrected chi connectivity index (χ4v) is 5.78. The minimum atomic E-state index is -4.71. The Morgan fingerprint density at radius 2 is 1.60 bits per heavy atom. The lowest BCUT2D eigenvalue weighted by molar-refractivity contribution is -0.137. The Bertz CT molecular complexity index is 1870. The number of methoxy groups -OCH3 is 2. The van der Waals surface area contributed by atoms with Crippen LogP contribution in [0.3, 0.4) is 0 Å². The molecule has 0 bridgehead atoms. The monoisotopic (exact) mass is 691 g/mol. The number of benzene rings is 2. The lowest BCUT2D eigenvalue weighted by atomic mass is 9.81. The molecule has 11 nitrogen and oxygen atoms in total. The predicted octanol–water partition coefficient (Wildman–Crippen LogP) is 7.23. The summed E-state index contributed by atoms with van der Waals surface area (Å²) in [5, 5.41) is 10.4. The highest BCUT2D eigenvalue weighted by molar-refractivity contribution is 7.90. The first kappa shape index (κ1) is 36.2. The SMILES string of the molecule is CCC(C)(CC)c1cc(NC(=O)c2c(OC)cccc2OC)on1.CS(=O)(=O)c1cc(C(F)(F)F)ccc1C(=O)c1cnoc1C1CC1. The molecular formula is C33H36F3N3O8S. The van der Waals surface area contributed by atoms with Crippen molar-refractivity contribution in [2.24, 2.45) is 0 Å². The summed E-state index contributed by atoms with van der Waals surface area (Å²) in [5.41, 5.74) is -0.303. The van der Waals surface area contributed by atoms with Crippen LogP contribution in [0.4, 0.5) is 19.1 Å². The first-order chi connectivity index (χ1) is 22.6. The van der Waals surface area contributed by atoms with Gasteiger partial charge in [-0.1, -0.05) is 37.2 Å². The third-order valence-corrected chi connectivity index (χ3v) is 9.46. The van der Waals surface area contributed by atoms with E-state index in [1.54, 1.807) is 24.3 Å². The Morgan fingerprint density at radius 1 is 0.979 bits per heavy atom. The summed E-state index contributed by atoms with van der Waals surface area (Å²) < 4.78 is 83.1. The Morgan fingerprint density at radius 3 is 2.12 bits per heavy atom. The van der Waals surface area contributed by atoms with Gasteiger partial charge >= 0.3 is 6.18 Å². The van der Waals surface area contributed by atoms with Crippen LogP contribution in [0.1, 0.15) is 95.7 Å². The summed E-state index contributed by atoms with van der Waals surface area (Å²) >= 11 is 0.